The average Bonchev–Trinajstić information content (AvgIpc) is 2.71. The summed E-state index contributed by atoms with van der Waals surface area (Å²) in [6.45, 7) is 0. The Bertz CT molecular complexity index is 772. The van der Waals surface area contributed by atoms with Crippen molar-refractivity contribution >= 4 is 33.4 Å². The molecule has 2 aromatic rings. The number of hydrogen-bond acceptors (Lipinski definition) is 2. The molecular formula is C14H5BrF3NO2. The summed E-state index contributed by atoms with van der Waals surface area (Å²) in [7, 11) is 0. The Hall–Kier alpha value is -2.15. The third kappa shape index (κ3) is 1.88. The van der Waals surface area contributed by atoms with Gasteiger partial charge in [0.1, 0.15) is 5.69 Å². The first-order valence-electron chi connectivity index (χ1n) is 5.74. The predicted molar refractivity (Wildman–Crippen MR) is 71.6 cm³/mol. The van der Waals surface area contributed by atoms with Crippen molar-refractivity contribution in [1.82, 2.24) is 0 Å². The van der Waals surface area contributed by atoms with E-state index < -0.39 is 35.0 Å². The number of imide groups is 1. The minimum Gasteiger partial charge on any atom is -0.268 e. The first-order valence-corrected chi connectivity index (χ1v) is 6.53. The van der Waals surface area contributed by atoms with Gasteiger partial charge in [-0.1, -0.05) is 12.1 Å². The number of benzene rings is 2. The van der Waals surface area contributed by atoms with Gasteiger partial charge in [0.2, 0.25) is 0 Å². The summed E-state index contributed by atoms with van der Waals surface area (Å²) in [6, 6.07) is 6.56. The molecule has 1 aliphatic rings. The number of carbonyl (C=O) groups excluding carboxylic acids is 2. The molecule has 2 aromatic carbocycles. The van der Waals surface area contributed by atoms with E-state index >= 15 is 0 Å². The van der Waals surface area contributed by atoms with Gasteiger partial charge in [-0.3, -0.25) is 9.59 Å². The van der Waals surface area contributed by atoms with Gasteiger partial charge in [-0.05, 0) is 34.1 Å². The fourth-order valence-electron chi connectivity index (χ4n) is 2.15. The Labute approximate surface area is 125 Å². The molecule has 2 amide bonds. The van der Waals surface area contributed by atoms with Crippen LogP contribution in [0.2, 0.25) is 0 Å². The van der Waals surface area contributed by atoms with E-state index in [1.165, 1.54) is 12.1 Å². The summed E-state index contributed by atoms with van der Waals surface area (Å²) < 4.78 is 40.2. The molecule has 0 saturated heterocycles. The van der Waals surface area contributed by atoms with Crippen molar-refractivity contribution in [3.63, 3.8) is 0 Å². The average molecular weight is 356 g/mol. The number of hydrogen-bond donors (Lipinski definition) is 0. The summed E-state index contributed by atoms with van der Waals surface area (Å²) in [6.07, 6.45) is 0. The number of fused-ring (bicyclic) bond motifs is 1. The Morgan fingerprint density at radius 2 is 1.43 bits per heavy atom. The molecule has 21 heavy (non-hydrogen) atoms. The molecule has 0 spiro atoms. The maximum Gasteiger partial charge on any atom is 0.266 e. The van der Waals surface area contributed by atoms with Gasteiger partial charge in [-0.2, -0.15) is 0 Å². The maximum absolute atomic E-state index is 14.0. The second kappa shape index (κ2) is 4.70. The van der Waals surface area contributed by atoms with Crippen molar-refractivity contribution in [3.05, 3.63) is 63.4 Å². The van der Waals surface area contributed by atoms with Crippen LogP contribution in [0.4, 0.5) is 18.9 Å². The van der Waals surface area contributed by atoms with Crippen LogP contribution >= 0.6 is 15.9 Å². The molecule has 0 atom stereocenters. The minimum absolute atomic E-state index is 0.0820. The van der Waals surface area contributed by atoms with E-state index in [1.807, 2.05) is 0 Å². The monoisotopic (exact) mass is 355 g/mol. The SMILES string of the molecule is O=C1c2ccccc2C(=O)N1c1c(Br)cc(F)c(F)c1F. The van der Waals surface area contributed by atoms with Gasteiger partial charge in [0.25, 0.3) is 11.8 Å². The van der Waals surface area contributed by atoms with E-state index in [-0.39, 0.29) is 15.6 Å². The first-order chi connectivity index (χ1) is 9.93. The van der Waals surface area contributed by atoms with Crippen molar-refractivity contribution in [2.24, 2.45) is 0 Å². The third-order valence-corrected chi connectivity index (χ3v) is 3.71. The molecule has 3 nitrogen and oxygen atoms in total. The molecule has 1 heterocycles. The zero-order valence-electron chi connectivity index (χ0n) is 10.2. The van der Waals surface area contributed by atoms with Crippen LogP contribution in [0.3, 0.4) is 0 Å². The predicted octanol–water partition coefficient (Wildman–Crippen LogP) is 3.67. The zero-order valence-corrected chi connectivity index (χ0v) is 11.7. The molecule has 0 fully saturated rings. The van der Waals surface area contributed by atoms with Gasteiger partial charge in [0.05, 0.1) is 11.1 Å². The smallest absolute Gasteiger partial charge is 0.266 e. The summed E-state index contributed by atoms with van der Waals surface area (Å²) in [4.78, 5) is 24.9. The number of amides is 2. The molecule has 3 rings (SSSR count). The van der Waals surface area contributed by atoms with Crippen LogP contribution in [0.15, 0.2) is 34.8 Å². The highest BCUT2D eigenvalue weighted by atomic mass is 79.9. The minimum atomic E-state index is -1.75. The lowest BCUT2D eigenvalue weighted by molar-refractivity contribution is 0.0924. The number of carbonyl (C=O) groups is 2. The van der Waals surface area contributed by atoms with Gasteiger partial charge >= 0.3 is 0 Å². The molecule has 0 bridgehead atoms. The van der Waals surface area contributed by atoms with Crippen LogP contribution in [0.1, 0.15) is 20.7 Å². The van der Waals surface area contributed by atoms with Crippen molar-refractivity contribution in [2.75, 3.05) is 4.90 Å². The Morgan fingerprint density at radius 3 is 1.95 bits per heavy atom. The summed E-state index contributed by atoms with van der Waals surface area (Å²) in [5.41, 5.74) is -0.475. The van der Waals surface area contributed by atoms with Gasteiger partial charge in [-0.15, -0.1) is 0 Å². The lowest BCUT2D eigenvalue weighted by atomic mass is 10.1. The molecule has 1 aliphatic heterocycles. The third-order valence-electron chi connectivity index (χ3n) is 3.11. The summed E-state index contributed by atoms with van der Waals surface area (Å²) in [5, 5.41) is 0. The normalized spacial score (nSPS) is 13.8. The molecule has 0 aromatic heterocycles. The Balaban J connectivity index is 2.23. The molecule has 7 heteroatoms. The first kappa shape index (κ1) is 13.8. The molecule has 0 unspecified atom stereocenters. The van der Waals surface area contributed by atoms with Crippen molar-refractivity contribution in [2.45, 2.75) is 0 Å². The highest BCUT2D eigenvalue weighted by molar-refractivity contribution is 9.10. The number of anilines is 1. The van der Waals surface area contributed by atoms with E-state index in [1.54, 1.807) is 12.1 Å². The number of halogens is 4. The molecule has 0 aliphatic carbocycles. The van der Waals surface area contributed by atoms with Crippen LogP contribution in [-0.2, 0) is 0 Å². The molecule has 0 N–H and O–H groups in total. The lowest BCUT2D eigenvalue weighted by Gasteiger charge is -2.17. The van der Waals surface area contributed by atoms with Crippen LogP contribution < -0.4 is 4.90 Å². The molecule has 106 valence electrons. The van der Waals surface area contributed by atoms with Gasteiger partial charge in [0, 0.05) is 4.47 Å². The van der Waals surface area contributed by atoms with E-state index in [9.17, 15) is 22.8 Å². The van der Waals surface area contributed by atoms with Crippen LogP contribution in [0, 0.1) is 17.5 Å². The fourth-order valence-corrected chi connectivity index (χ4v) is 2.71. The zero-order chi connectivity index (χ0) is 15.3. The van der Waals surface area contributed by atoms with E-state index in [0.717, 1.165) is 0 Å². The number of nitrogens with zero attached hydrogens (tertiary/aromatic N) is 1. The van der Waals surface area contributed by atoms with Crippen LogP contribution in [0.5, 0.6) is 0 Å². The Morgan fingerprint density at radius 1 is 0.905 bits per heavy atom. The maximum atomic E-state index is 14.0. The largest absolute Gasteiger partial charge is 0.268 e. The second-order valence-corrected chi connectivity index (χ2v) is 5.16. The molecule has 0 saturated carbocycles. The van der Waals surface area contributed by atoms with Crippen molar-refractivity contribution < 1.29 is 22.8 Å². The van der Waals surface area contributed by atoms with Crippen molar-refractivity contribution in [3.8, 4) is 0 Å². The fraction of sp³-hybridized carbons (Fsp3) is 0. The molecular weight excluding hydrogens is 351 g/mol. The van der Waals surface area contributed by atoms with Gasteiger partial charge in [-0.25, -0.2) is 18.1 Å². The topological polar surface area (TPSA) is 37.4 Å². The van der Waals surface area contributed by atoms with Crippen LogP contribution in [-0.4, -0.2) is 11.8 Å². The highest BCUT2D eigenvalue weighted by Gasteiger charge is 2.39. The van der Waals surface area contributed by atoms with Gasteiger partial charge < -0.3 is 0 Å². The second-order valence-electron chi connectivity index (χ2n) is 4.31. The van der Waals surface area contributed by atoms with Gasteiger partial charge in [0.15, 0.2) is 17.5 Å². The highest BCUT2D eigenvalue weighted by Crippen LogP contribution is 2.37. The van der Waals surface area contributed by atoms with E-state index in [4.69, 9.17) is 0 Å². The lowest BCUT2D eigenvalue weighted by Crippen LogP contribution is -2.31. The van der Waals surface area contributed by atoms with Crippen LogP contribution in [0.25, 0.3) is 0 Å². The van der Waals surface area contributed by atoms with Crippen molar-refractivity contribution in [1.29, 1.82) is 0 Å². The summed E-state index contributed by atoms with van der Waals surface area (Å²) >= 11 is 2.85. The standard InChI is InChI=1S/C14H5BrF3NO2/c15-8-5-9(16)10(17)11(18)12(8)19-13(20)6-3-1-2-4-7(6)14(19)21/h1-5H. The Kier molecular flexibility index (Phi) is 3.09. The van der Waals surface area contributed by atoms with E-state index in [0.29, 0.717) is 11.0 Å². The quantitative estimate of drug-likeness (QED) is 0.444. The number of rotatable bonds is 1. The van der Waals surface area contributed by atoms with E-state index in [2.05, 4.69) is 15.9 Å². The summed E-state index contributed by atoms with van der Waals surface area (Å²) in [5.74, 6) is -6.34. The molecule has 0 radical (unpaired) electrons.